The first kappa shape index (κ1) is 16.1. The molecule has 24 heavy (non-hydrogen) atoms. The first-order valence-corrected chi connectivity index (χ1v) is 8.01. The van der Waals surface area contributed by atoms with Crippen LogP contribution in [0.2, 0.25) is 0 Å². The summed E-state index contributed by atoms with van der Waals surface area (Å²) in [5, 5.41) is 4.35. The largest absolute Gasteiger partial charge is 0.329 e. The Hall–Kier alpha value is -2.76. The molecule has 0 aliphatic carbocycles. The highest BCUT2D eigenvalue weighted by Gasteiger charge is 2.24. The van der Waals surface area contributed by atoms with Gasteiger partial charge in [0.15, 0.2) is 0 Å². The fraction of sp³-hybridized carbons (Fsp3) is 0.333. The summed E-state index contributed by atoms with van der Waals surface area (Å²) in [5.41, 5.74) is 2.84. The lowest BCUT2D eigenvalue weighted by Gasteiger charge is -2.25. The van der Waals surface area contributed by atoms with Crippen molar-refractivity contribution >= 4 is 11.7 Å². The Balaban J connectivity index is 1.94. The monoisotopic (exact) mass is 323 g/mol. The van der Waals surface area contributed by atoms with E-state index in [2.05, 4.69) is 15.1 Å². The molecule has 0 aliphatic heterocycles. The van der Waals surface area contributed by atoms with Gasteiger partial charge in [0.1, 0.15) is 0 Å². The van der Waals surface area contributed by atoms with Crippen LogP contribution >= 0.6 is 0 Å². The summed E-state index contributed by atoms with van der Waals surface area (Å²) in [6.45, 7) is 8.33. The summed E-state index contributed by atoms with van der Waals surface area (Å²) in [5.74, 6) is 0.455. The fourth-order valence-corrected chi connectivity index (χ4v) is 2.65. The van der Waals surface area contributed by atoms with Crippen molar-refractivity contribution in [2.75, 3.05) is 0 Å². The number of rotatable bonds is 4. The summed E-state index contributed by atoms with van der Waals surface area (Å²) >= 11 is 0. The molecule has 124 valence electrons. The number of hydrogen-bond donors (Lipinski definition) is 0. The molecule has 2 aromatic heterocycles. The number of carbonyl (C=O) groups is 1. The van der Waals surface area contributed by atoms with E-state index in [0.29, 0.717) is 12.3 Å². The Morgan fingerprint density at radius 2 is 1.88 bits per heavy atom. The van der Waals surface area contributed by atoms with Crippen LogP contribution in [0.5, 0.6) is 0 Å². The Kier molecular flexibility index (Phi) is 4.29. The number of benzene rings is 1. The van der Waals surface area contributed by atoms with Gasteiger partial charge in [-0.05, 0) is 39.3 Å². The second-order valence-electron chi connectivity index (χ2n) is 6.20. The molecule has 1 aromatic carbocycles. The van der Waals surface area contributed by atoms with E-state index in [1.807, 2.05) is 64.1 Å². The third-order valence-corrected chi connectivity index (χ3v) is 3.89. The maximum atomic E-state index is 12.9. The maximum absolute atomic E-state index is 12.9. The van der Waals surface area contributed by atoms with Gasteiger partial charge in [0, 0.05) is 24.0 Å². The molecule has 3 rings (SSSR count). The zero-order chi connectivity index (χ0) is 17.3. The molecule has 0 aliphatic rings. The van der Waals surface area contributed by atoms with Crippen LogP contribution < -0.4 is 0 Å². The molecule has 0 unspecified atom stereocenters. The maximum Gasteiger partial charge on any atom is 0.294 e. The second kappa shape index (κ2) is 6.39. The summed E-state index contributed by atoms with van der Waals surface area (Å²) in [4.78, 5) is 23.4. The Morgan fingerprint density at radius 3 is 2.54 bits per heavy atom. The molecule has 3 aromatic rings. The number of hydrogen-bond acceptors (Lipinski definition) is 4. The van der Waals surface area contributed by atoms with E-state index in [4.69, 9.17) is 0 Å². The summed E-state index contributed by atoms with van der Waals surface area (Å²) < 4.78 is 1.61. The lowest BCUT2D eigenvalue weighted by molar-refractivity contribution is 0.0678. The van der Waals surface area contributed by atoms with Crippen LogP contribution in [0.25, 0.3) is 5.78 Å². The fourth-order valence-electron chi connectivity index (χ4n) is 2.65. The van der Waals surface area contributed by atoms with E-state index in [9.17, 15) is 4.79 Å². The molecular weight excluding hydrogens is 302 g/mol. The normalized spacial score (nSPS) is 11.2. The van der Waals surface area contributed by atoms with Crippen molar-refractivity contribution in [3.8, 4) is 0 Å². The molecule has 0 spiro atoms. The van der Waals surface area contributed by atoms with Gasteiger partial charge in [-0.15, -0.1) is 5.10 Å². The third-order valence-electron chi connectivity index (χ3n) is 3.89. The van der Waals surface area contributed by atoms with Gasteiger partial charge in [-0.3, -0.25) is 4.79 Å². The van der Waals surface area contributed by atoms with Crippen LogP contribution in [0.3, 0.4) is 0 Å². The zero-order valence-electron chi connectivity index (χ0n) is 14.4. The molecule has 0 bridgehead atoms. The molecule has 0 N–H and O–H groups in total. The van der Waals surface area contributed by atoms with Crippen molar-refractivity contribution in [3.63, 3.8) is 0 Å². The lowest BCUT2D eigenvalue weighted by Crippen LogP contribution is -2.37. The summed E-state index contributed by atoms with van der Waals surface area (Å²) in [6.07, 6.45) is 0. The first-order valence-electron chi connectivity index (χ1n) is 8.01. The van der Waals surface area contributed by atoms with Crippen molar-refractivity contribution in [2.45, 2.75) is 40.3 Å². The molecular formula is C18H21N5O. The average molecular weight is 323 g/mol. The number of aromatic nitrogens is 4. The van der Waals surface area contributed by atoms with Gasteiger partial charge in [-0.1, -0.05) is 30.3 Å². The molecule has 0 saturated heterocycles. The van der Waals surface area contributed by atoms with Crippen molar-refractivity contribution in [1.29, 1.82) is 0 Å². The van der Waals surface area contributed by atoms with Gasteiger partial charge < -0.3 is 4.90 Å². The highest BCUT2D eigenvalue weighted by molar-refractivity contribution is 5.91. The van der Waals surface area contributed by atoms with Crippen LogP contribution in [0, 0.1) is 13.8 Å². The molecule has 0 fully saturated rings. The van der Waals surface area contributed by atoms with E-state index >= 15 is 0 Å². The number of fused-ring (bicyclic) bond motifs is 1. The first-order chi connectivity index (χ1) is 11.5. The minimum absolute atomic E-state index is 0.0418. The van der Waals surface area contributed by atoms with Crippen LogP contribution in [-0.2, 0) is 6.54 Å². The van der Waals surface area contributed by atoms with Gasteiger partial charge in [0.05, 0.1) is 0 Å². The van der Waals surface area contributed by atoms with Crippen molar-refractivity contribution in [2.24, 2.45) is 0 Å². The minimum Gasteiger partial charge on any atom is -0.329 e. The Bertz CT molecular complexity index is 870. The summed E-state index contributed by atoms with van der Waals surface area (Å²) in [7, 11) is 0. The number of nitrogens with zero attached hydrogens (tertiary/aromatic N) is 5. The summed E-state index contributed by atoms with van der Waals surface area (Å²) in [6, 6.07) is 11.9. The molecule has 6 nitrogen and oxygen atoms in total. The Morgan fingerprint density at radius 1 is 1.17 bits per heavy atom. The lowest BCUT2D eigenvalue weighted by atomic mass is 10.2. The number of carbonyl (C=O) groups excluding carboxylic acids is 1. The van der Waals surface area contributed by atoms with Crippen molar-refractivity contribution in [1.82, 2.24) is 24.5 Å². The minimum atomic E-state index is -0.184. The van der Waals surface area contributed by atoms with Gasteiger partial charge in [-0.2, -0.15) is 4.98 Å². The quantitative estimate of drug-likeness (QED) is 0.740. The van der Waals surface area contributed by atoms with Gasteiger partial charge in [0.2, 0.25) is 5.82 Å². The Labute approximate surface area is 141 Å². The smallest absolute Gasteiger partial charge is 0.294 e. The topological polar surface area (TPSA) is 63.4 Å². The van der Waals surface area contributed by atoms with Gasteiger partial charge in [-0.25, -0.2) is 9.50 Å². The molecule has 0 saturated carbocycles. The van der Waals surface area contributed by atoms with E-state index < -0.39 is 0 Å². The highest BCUT2D eigenvalue weighted by Crippen LogP contribution is 2.13. The van der Waals surface area contributed by atoms with E-state index in [1.165, 1.54) is 0 Å². The standard InChI is InChI=1S/C18H21N5O/c1-12(2)22(11-15-8-6-5-7-9-15)17(24)16-20-18-19-13(3)10-14(4)23(18)21-16/h5-10,12H,11H2,1-4H3. The average Bonchev–Trinajstić information content (AvgIpc) is 2.97. The van der Waals surface area contributed by atoms with Crippen molar-refractivity contribution < 1.29 is 4.79 Å². The molecule has 0 atom stereocenters. The van der Waals surface area contributed by atoms with E-state index in [0.717, 1.165) is 17.0 Å². The SMILES string of the molecule is Cc1cc(C)n2nc(C(=O)N(Cc3ccccc3)C(C)C)nc2n1. The van der Waals surface area contributed by atoms with Crippen LogP contribution in [0.15, 0.2) is 36.4 Å². The van der Waals surface area contributed by atoms with Crippen LogP contribution in [-0.4, -0.2) is 36.4 Å². The van der Waals surface area contributed by atoms with Gasteiger partial charge in [0.25, 0.3) is 11.7 Å². The molecule has 2 heterocycles. The molecule has 1 amide bonds. The van der Waals surface area contributed by atoms with Crippen molar-refractivity contribution in [3.05, 3.63) is 59.2 Å². The predicted octanol–water partition coefficient (Wildman–Crippen LogP) is 2.79. The highest BCUT2D eigenvalue weighted by atomic mass is 16.2. The zero-order valence-corrected chi connectivity index (χ0v) is 14.4. The van der Waals surface area contributed by atoms with E-state index in [1.54, 1.807) is 9.42 Å². The number of aryl methyl sites for hydroxylation is 2. The number of amides is 1. The van der Waals surface area contributed by atoms with Crippen LogP contribution in [0.4, 0.5) is 0 Å². The van der Waals surface area contributed by atoms with E-state index in [-0.39, 0.29) is 17.8 Å². The third kappa shape index (κ3) is 3.13. The molecule has 0 radical (unpaired) electrons. The molecule has 6 heteroatoms. The van der Waals surface area contributed by atoms with Crippen LogP contribution in [0.1, 0.15) is 41.4 Å². The second-order valence-corrected chi connectivity index (χ2v) is 6.20. The van der Waals surface area contributed by atoms with Gasteiger partial charge >= 0.3 is 0 Å². The predicted molar refractivity (Wildman–Crippen MR) is 91.7 cm³/mol.